The molecular formula is C18H20N6O. The van der Waals surface area contributed by atoms with Crippen molar-refractivity contribution in [3.05, 3.63) is 54.0 Å². The molecule has 4 rings (SSSR count). The predicted octanol–water partition coefficient (Wildman–Crippen LogP) is 1.82. The monoisotopic (exact) mass is 336 g/mol. The Morgan fingerprint density at radius 1 is 1.16 bits per heavy atom. The molecule has 0 unspecified atom stereocenters. The Morgan fingerprint density at radius 2 is 1.96 bits per heavy atom. The molecule has 0 radical (unpaired) electrons. The standard InChI is InChI=1S/C18H20N6O/c1-13-18(25)23(11-9-14-6-4-3-5-7-14)12-16-20-21-17(24(13)16)15-8-10-19-22(15)2/h3-8,10,13H,9,11-12H2,1-2H3/t13-/m1/s1. The summed E-state index contributed by atoms with van der Waals surface area (Å²) in [5, 5.41) is 12.8. The second kappa shape index (κ2) is 6.16. The molecule has 0 spiro atoms. The number of fused-ring (bicyclic) bond motifs is 1. The van der Waals surface area contributed by atoms with Crippen molar-refractivity contribution in [1.82, 2.24) is 29.4 Å². The van der Waals surface area contributed by atoms with Crippen molar-refractivity contribution in [3.63, 3.8) is 0 Å². The molecule has 0 saturated heterocycles. The third-order valence-corrected chi connectivity index (χ3v) is 4.72. The molecule has 1 amide bonds. The van der Waals surface area contributed by atoms with Gasteiger partial charge in [-0.3, -0.25) is 14.0 Å². The first kappa shape index (κ1) is 15.6. The Balaban J connectivity index is 1.58. The molecule has 3 aromatic rings. The lowest BCUT2D eigenvalue weighted by Gasteiger charge is -2.32. The summed E-state index contributed by atoms with van der Waals surface area (Å²) in [6.45, 7) is 3.08. The Morgan fingerprint density at radius 3 is 2.68 bits per heavy atom. The third kappa shape index (κ3) is 2.71. The number of aryl methyl sites for hydroxylation is 1. The Kier molecular flexibility index (Phi) is 3.83. The number of benzene rings is 1. The highest BCUT2D eigenvalue weighted by molar-refractivity contribution is 5.82. The van der Waals surface area contributed by atoms with Gasteiger partial charge in [-0.15, -0.1) is 10.2 Å². The molecule has 2 aromatic heterocycles. The van der Waals surface area contributed by atoms with Crippen LogP contribution >= 0.6 is 0 Å². The van der Waals surface area contributed by atoms with E-state index < -0.39 is 0 Å². The van der Waals surface area contributed by atoms with Gasteiger partial charge in [0.15, 0.2) is 11.6 Å². The summed E-state index contributed by atoms with van der Waals surface area (Å²) in [6.07, 6.45) is 2.56. The summed E-state index contributed by atoms with van der Waals surface area (Å²) in [4.78, 5) is 14.7. The van der Waals surface area contributed by atoms with E-state index >= 15 is 0 Å². The van der Waals surface area contributed by atoms with Gasteiger partial charge in [0.2, 0.25) is 5.91 Å². The van der Waals surface area contributed by atoms with Gasteiger partial charge in [0.05, 0.1) is 6.54 Å². The van der Waals surface area contributed by atoms with Crippen LogP contribution in [0.3, 0.4) is 0 Å². The molecule has 0 fully saturated rings. The van der Waals surface area contributed by atoms with Gasteiger partial charge in [-0.1, -0.05) is 30.3 Å². The topological polar surface area (TPSA) is 68.8 Å². The molecule has 128 valence electrons. The molecule has 1 aliphatic rings. The van der Waals surface area contributed by atoms with Crippen molar-refractivity contribution >= 4 is 5.91 Å². The minimum Gasteiger partial charge on any atom is -0.333 e. The molecule has 0 aliphatic carbocycles. The van der Waals surface area contributed by atoms with Gasteiger partial charge in [-0.25, -0.2) is 0 Å². The van der Waals surface area contributed by atoms with E-state index in [0.29, 0.717) is 18.9 Å². The largest absolute Gasteiger partial charge is 0.333 e. The molecule has 25 heavy (non-hydrogen) atoms. The highest BCUT2D eigenvalue weighted by atomic mass is 16.2. The van der Waals surface area contributed by atoms with Crippen LogP contribution in [0.15, 0.2) is 42.6 Å². The van der Waals surface area contributed by atoms with E-state index in [1.807, 2.05) is 47.7 Å². The molecule has 1 aromatic carbocycles. The molecule has 1 aliphatic heterocycles. The van der Waals surface area contributed by atoms with Crippen molar-refractivity contribution < 1.29 is 4.79 Å². The molecule has 0 N–H and O–H groups in total. The Hall–Kier alpha value is -2.96. The lowest BCUT2D eigenvalue weighted by atomic mass is 10.1. The summed E-state index contributed by atoms with van der Waals surface area (Å²) < 4.78 is 3.68. The maximum Gasteiger partial charge on any atom is 0.245 e. The van der Waals surface area contributed by atoms with Gasteiger partial charge in [0, 0.05) is 19.8 Å². The van der Waals surface area contributed by atoms with Crippen molar-refractivity contribution in [2.75, 3.05) is 6.54 Å². The molecule has 7 nitrogen and oxygen atoms in total. The van der Waals surface area contributed by atoms with Crippen LogP contribution in [0, 0.1) is 0 Å². The molecular weight excluding hydrogens is 316 g/mol. The highest BCUT2D eigenvalue weighted by Crippen LogP contribution is 2.28. The number of aromatic nitrogens is 5. The third-order valence-electron chi connectivity index (χ3n) is 4.72. The minimum absolute atomic E-state index is 0.103. The zero-order chi connectivity index (χ0) is 17.4. The van der Waals surface area contributed by atoms with Crippen molar-refractivity contribution in [2.45, 2.75) is 25.9 Å². The first-order valence-corrected chi connectivity index (χ1v) is 8.40. The fourth-order valence-corrected chi connectivity index (χ4v) is 3.33. The number of rotatable bonds is 4. The van der Waals surface area contributed by atoms with Crippen LogP contribution in [0.2, 0.25) is 0 Å². The second-order valence-corrected chi connectivity index (χ2v) is 6.32. The Labute approximate surface area is 145 Å². The van der Waals surface area contributed by atoms with Gasteiger partial charge in [-0.05, 0) is 25.0 Å². The fourth-order valence-electron chi connectivity index (χ4n) is 3.33. The molecule has 0 bridgehead atoms. The maximum absolute atomic E-state index is 12.8. The van der Waals surface area contributed by atoms with Crippen LogP contribution in [0.5, 0.6) is 0 Å². The number of nitrogens with zero attached hydrogens (tertiary/aromatic N) is 6. The zero-order valence-corrected chi connectivity index (χ0v) is 14.3. The van der Waals surface area contributed by atoms with E-state index in [2.05, 4.69) is 27.4 Å². The van der Waals surface area contributed by atoms with Crippen LogP contribution in [-0.2, 0) is 24.8 Å². The highest BCUT2D eigenvalue weighted by Gasteiger charge is 2.33. The van der Waals surface area contributed by atoms with Gasteiger partial charge in [0.1, 0.15) is 11.7 Å². The van der Waals surface area contributed by atoms with Gasteiger partial charge < -0.3 is 4.90 Å². The minimum atomic E-state index is -0.320. The van der Waals surface area contributed by atoms with Crippen LogP contribution < -0.4 is 0 Å². The summed E-state index contributed by atoms with van der Waals surface area (Å²) in [5.41, 5.74) is 2.08. The van der Waals surface area contributed by atoms with E-state index in [0.717, 1.165) is 17.9 Å². The van der Waals surface area contributed by atoms with Crippen molar-refractivity contribution in [3.8, 4) is 11.5 Å². The van der Waals surface area contributed by atoms with Crippen LogP contribution in [0.4, 0.5) is 0 Å². The van der Waals surface area contributed by atoms with E-state index in [-0.39, 0.29) is 11.9 Å². The predicted molar refractivity (Wildman–Crippen MR) is 92.5 cm³/mol. The lowest BCUT2D eigenvalue weighted by Crippen LogP contribution is -2.42. The average molecular weight is 336 g/mol. The summed E-state index contributed by atoms with van der Waals surface area (Å²) in [5.74, 6) is 1.61. The van der Waals surface area contributed by atoms with Crippen molar-refractivity contribution in [2.24, 2.45) is 7.05 Å². The zero-order valence-electron chi connectivity index (χ0n) is 14.3. The summed E-state index contributed by atoms with van der Waals surface area (Å²) >= 11 is 0. The first-order chi connectivity index (χ1) is 12.1. The number of amides is 1. The smallest absolute Gasteiger partial charge is 0.245 e. The Bertz CT molecular complexity index is 897. The van der Waals surface area contributed by atoms with Gasteiger partial charge >= 0.3 is 0 Å². The SMILES string of the molecule is C[C@@H]1C(=O)N(CCc2ccccc2)Cc2nnc(-c3ccnn3C)n21. The summed E-state index contributed by atoms with van der Waals surface area (Å²) in [7, 11) is 1.86. The molecule has 7 heteroatoms. The number of carbonyl (C=O) groups is 1. The van der Waals surface area contributed by atoms with E-state index in [9.17, 15) is 4.79 Å². The fraction of sp³-hybridized carbons (Fsp3) is 0.333. The number of hydrogen-bond acceptors (Lipinski definition) is 4. The van der Waals surface area contributed by atoms with Gasteiger partial charge in [-0.2, -0.15) is 5.10 Å². The van der Waals surface area contributed by atoms with Crippen LogP contribution in [0.25, 0.3) is 11.5 Å². The summed E-state index contributed by atoms with van der Waals surface area (Å²) in [6, 6.07) is 11.8. The first-order valence-electron chi connectivity index (χ1n) is 8.40. The molecule has 3 heterocycles. The normalized spacial score (nSPS) is 17.0. The lowest BCUT2D eigenvalue weighted by molar-refractivity contribution is -0.136. The molecule has 0 saturated carbocycles. The quantitative estimate of drug-likeness (QED) is 0.729. The van der Waals surface area contributed by atoms with Gasteiger partial charge in [0.25, 0.3) is 0 Å². The number of hydrogen-bond donors (Lipinski definition) is 0. The van der Waals surface area contributed by atoms with Crippen LogP contribution in [-0.4, -0.2) is 41.9 Å². The van der Waals surface area contributed by atoms with Crippen LogP contribution in [0.1, 0.15) is 24.4 Å². The van der Waals surface area contributed by atoms with Crippen molar-refractivity contribution in [1.29, 1.82) is 0 Å². The number of carbonyl (C=O) groups excluding carboxylic acids is 1. The second-order valence-electron chi connectivity index (χ2n) is 6.32. The average Bonchev–Trinajstić information content (AvgIpc) is 3.23. The van der Waals surface area contributed by atoms with E-state index in [4.69, 9.17) is 0 Å². The maximum atomic E-state index is 12.8. The molecule has 1 atom stereocenters. The van der Waals surface area contributed by atoms with E-state index in [1.165, 1.54) is 5.56 Å². The van der Waals surface area contributed by atoms with E-state index in [1.54, 1.807) is 10.9 Å².